The SMILES string of the molecule is CC(N)c1ccc(Cc2ccc3ccccc3n2)cc1Cl. The number of hydrogen-bond donors (Lipinski definition) is 1. The molecule has 0 aliphatic carbocycles. The minimum Gasteiger partial charge on any atom is -0.324 e. The number of nitrogens with zero attached hydrogens (tertiary/aromatic N) is 1. The van der Waals surface area contributed by atoms with Gasteiger partial charge in [-0.15, -0.1) is 0 Å². The Balaban J connectivity index is 1.89. The van der Waals surface area contributed by atoms with Gasteiger partial charge in [-0.25, -0.2) is 0 Å². The van der Waals surface area contributed by atoms with E-state index in [2.05, 4.69) is 29.2 Å². The van der Waals surface area contributed by atoms with E-state index in [1.165, 1.54) is 0 Å². The highest BCUT2D eigenvalue weighted by molar-refractivity contribution is 6.31. The minimum absolute atomic E-state index is 0.0506. The van der Waals surface area contributed by atoms with Gasteiger partial charge in [0.1, 0.15) is 0 Å². The number of para-hydroxylation sites is 1. The van der Waals surface area contributed by atoms with Gasteiger partial charge in [0.2, 0.25) is 0 Å². The van der Waals surface area contributed by atoms with Crippen molar-refractivity contribution in [1.82, 2.24) is 4.98 Å². The van der Waals surface area contributed by atoms with Crippen LogP contribution in [0.5, 0.6) is 0 Å². The molecule has 0 fully saturated rings. The Morgan fingerprint density at radius 2 is 1.90 bits per heavy atom. The highest BCUT2D eigenvalue weighted by atomic mass is 35.5. The van der Waals surface area contributed by atoms with Crippen LogP contribution in [0.3, 0.4) is 0 Å². The van der Waals surface area contributed by atoms with E-state index in [9.17, 15) is 0 Å². The Bertz CT molecular complexity index is 781. The second kappa shape index (κ2) is 5.84. The predicted molar refractivity (Wildman–Crippen MR) is 88.6 cm³/mol. The van der Waals surface area contributed by atoms with Crippen LogP contribution in [0.15, 0.2) is 54.6 Å². The summed E-state index contributed by atoms with van der Waals surface area (Å²) >= 11 is 6.29. The average molecular weight is 297 g/mol. The molecule has 1 heterocycles. The smallest absolute Gasteiger partial charge is 0.0705 e. The zero-order chi connectivity index (χ0) is 14.8. The van der Waals surface area contributed by atoms with Crippen molar-refractivity contribution in [2.45, 2.75) is 19.4 Å². The molecular weight excluding hydrogens is 280 g/mol. The van der Waals surface area contributed by atoms with Gasteiger partial charge in [0.15, 0.2) is 0 Å². The van der Waals surface area contributed by atoms with Gasteiger partial charge in [0.05, 0.1) is 5.52 Å². The van der Waals surface area contributed by atoms with Crippen LogP contribution < -0.4 is 5.73 Å². The van der Waals surface area contributed by atoms with Gasteiger partial charge in [-0.1, -0.05) is 48.0 Å². The number of hydrogen-bond acceptors (Lipinski definition) is 2. The molecule has 0 aliphatic heterocycles. The zero-order valence-corrected chi connectivity index (χ0v) is 12.6. The molecule has 1 aromatic heterocycles. The maximum atomic E-state index is 6.29. The molecule has 0 aliphatic rings. The molecule has 106 valence electrons. The number of fused-ring (bicyclic) bond motifs is 1. The number of nitrogens with two attached hydrogens (primary N) is 1. The van der Waals surface area contributed by atoms with E-state index in [1.54, 1.807) is 0 Å². The van der Waals surface area contributed by atoms with Crippen LogP contribution in [0.25, 0.3) is 10.9 Å². The lowest BCUT2D eigenvalue weighted by atomic mass is 10.0. The topological polar surface area (TPSA) is 38.9 Å². The van der Waals surface area contributed by atoms with Crippen molar-refractivity contribution in [2.75, 3.05) is 0 Å². The molecule has 3 heteroatoms. The number of halogens is 1. The van der Waals surface area contributed by atoms with Crippen molar-refractivity contribution in [3.8, 4) is 0 Å². The van der Waals surface area contributed by atoms with Crippen LogP contribution in [-0.2, 0) is 6.42 Å². The molecular formula is C18H17ClN2. The summed E-state index contributed by atoms with van der Waals surface area (Å²) in [7, 11) is 0. The summed E-state index contributed by atoms with van der Waals surface area (Å²) in [5.41, 5.74) is 10.1. The second-order valence-corrected chi connectivity index (χ2v) is 5.72. The first-order valence-electron chi connectivity index (χ1n) is 7.02. The Morgan fingerprint density at radius 1 is 1.10 bits per heavy atom. The van der Waals surface area contributed by atoms with Crippen LogP contribution in [0, 0.1) is 0 Å². The third-order valence-corrected chi connectivity index (χ3v) is 3.92. The molecule has 1 atom stereocenters. The molecule has 2 N–H and O–H groups in total. The van der Waals surface area contributed by atoms with Gasteiger partial charge in [0.25, 0.3) is 0 Å². The summed E-state index contributed by atoms with van der Waals surface area (Å²) in [6.07, 6.45) is 0.768. The standard InChI is InChI=1S/C18H17ClN2/c1-12(20)16-9-6-13(11-17(16)19)10-15-8-7-14-4-2-3-5-18(14)21-15/h2-9,11-12H,10,20H2,1H3. The van der Waals surface area contributed by atoms with E-state index in [-0.39, 0.29) is 6.04 Å². The molecule has 3 rings (SSSR count). The van der Waals surface area contributed by atoms with Crippen LogP contribution in [0.2, 0.25) is 5.02 Å². The summed E-state index contributed by atoms with van der Waals surface area (Å²) in [4.78, 5) is 4.69. The maximum absolute atomic E-state index is 6.29. The van der Waals surface area contributed by atoms with E-state index in [1.807, 2.05) is 37.3 Å². The molecule has 0 amide bonds. The van der Waals surface area contributed by atoms with Gasteiger partial charge in [-0.3, -0.25) is 4.98 Å². The Hall–Kier alpha value is -1.90. The minimum atomic E-state index is -0.0506. The lowest BCUT2D eigenvalue weighted by Gasteiger charge is -2.10. The maximum Gasteiger partial charge on any atom is 0.0705 e. The number of pyridine rings is 1. The van der Waals surface area contributed by atoms with Gasteiger partial charge in [0, 0.05) is 28.6 Å². The lowest BCUT2D eigenvalue weighted by molar-refractivity contribution is 0.817. The normalized spacial score (nSPS) is 12.5. The van der Waals surface area contributed by atoms with Crippen molar-refractivity contribution in [2.24, 2.45) is 5.73 Å². The summed E-state index contributed by atoms with van der Waals surface area (Å²) in [5, 5.41) is 1.88. The van der Waals surface area contributed by atoms with Crippen molar-refractivity contribution >= 4 is 22.5 Å². The van der Waals surface area contributed by atoms with E-state index < -0.39 is 0 Å². The molecule has 21 heavy (non-hydrogen) atoms. The zero-order valence-electron chi connectivity index (χ0n) is 11.9. The summed E-state index contributed by atoms with van der Waals surface area (Å²) in [6, 6.07) is 18.3. The van der Waals surface area contributed by atoms with E-state index >= 15 is 0 Å². The van der Waals surface area contributed by atoms with Crippen LogP contribution >= 0.6 is 11.6 Å². The first-order chi connectivity index (χ1) is 10.1. The van der Waals surface area contributed by atoms with Crippen molar-refractivity contribution in [3.63, 3.8) is 0 Å². The highest BCUT2D eigenvalue weighted by Gasteiger charge is 2.07. The largest absolute Gasteiger partial charge is 0.324 e. The summed E-state index contributed by atoms with van der Waals surface area (Å²) in [5.74, 6) is 0. The predicted octanol–water partition coefficient (Wildman–Crippen LogP) is 4.50. The first-order valence-corrected chi connectivity index (χ1v) is 7.40. The van der Waals surface area contributed by atoms with Crippen LogP contribution in [0.4, 0.5) is 0 Å². The van der Waals surface area contributed by atoms with Gasteiger partial charge < -0.3 is 5.73 Å². The monoisotopic (exact) mass is 296 g/mol. The van der Waals surface area contributed by atoms with E-state index in [0.717, 1.165) is 39.2 Å². The van der Waals surface area contributed by atoms with Gasteiger partial charge in [-0.05, 0) is 36.2 Å². The molecule has 0 bridgehead atoms. The molecule has 2 aromatic carbocycles. The van der Waals surface area contributed by atoms with Crippen molar-refractivity contribution in [1.29, 1.82) is 0 Å². The molecule has 0 radical (unpaired) electrons. The molecule has 0 spiro atoms. The van der Waals surface area contributed by atoms with Crippen molar-refractivity contribution in [3.05, 3.63) is 76.4 Å². The van der Waals surface area contributed by atoms with Gasteiger partial charge >= 0.3 is 0 Å². The molecule has 3 aromatic rings. The Kier molecular flexibility index (Phi) is 3.91. The third kappa shape index (κ3) is 3.07. The van der Waals surface area contributed by atoms with E-state index in [4.69, 9.17) is 17.3 Å². The number of benzene rings is 2. The summed E-state index contributed by atoms with van der Waals surface area (Å²) in [6.45, 7) is 1.94. The summed E-state index contributed by atoms with van der Waals surface area (Å²) < 4.78 is 0. The quantitative estimate of drug-likeness (QED) is 0.773. The molecule has 1 unspecified atom stereocenters. The number of rotatable bonds is 3. The van der Waals surface area contributed by atoms with Gasteiger partial charge in [-0.2, -0.15) is 0 Å². The lowest BCUT2D eigenvalue weighted by Crippen LogP contribution is -2.06. The fourth-order valence-electron chi connectivity index (χ4n) is 2.47. The second-order valence-electron chi connectivity index (χ2n) is 5.32. The Labute approximate surface area is 129 Å². The van der Waals surface area contributed by atoms with Crippen LogP contribution in [0.1, 0.15) is 29.8 Å². The Morgan fingerprint density at radius 3 is 2.67 bits per heavy atom. The van der Waals surface area contributed by atoms with E-state index in [0.29, 0.717) is 0 Å². The van der Waals surface area contributed by atoms with Crippen LogP contribution in [-0.4, -0.2) is 4.98 Å². The fraction of sp³-hybridized carbons (Fsp3) is 0.167. The third-order valence-electron chi connectivity index (χ3n) is 3.60. The number of aromatic nitrogens is 1. The van der Waals surface area contributed by atoms with Crippen molar-refractivity contribution < 1.29 is 0 Å². The average Bonchev–Trinajstić information content (AvgIpc) is 2.47. The highest BCUT2D eigenvalue weighted by Crippen LogP contribution is 2.24. The fourth-order valence-corrected chi connectivity index (χ4v) is 2.84. The molecule has 0 saturated heterocycles. The molecule has 2 nitrogen and oxygen atoms in total. The first kappa shape index (κ1) is 14.1. The molecule has 0 saturated carbocycles.